The van der Waals surface area contributed by atoms with Gasteiger partial charge < -0.3 is 18.6 Å². The Kier molecular flexibility index (Phi) is 6.20. The fourth-order valence-corrected chi connectivity index (χ4v) is 4.24. The summed E-state index contributed by atoms with van der Waals surface area (Å²) in [5.41, 5.74) is 2.94. The highest BCUT2D eigenvalue weighted by molar-refractivity contribution is 7.99. The second-order valence-electron chi connectivity index (χ2n) is 6.08. The third-order valence-electron chi connectivity index (χ3n) is 4.15. The number of carbonyl (C=O) groups excluding carboxylic acids is 1. The lowest BCUT2D eigenvalue weighted by Gasteiger charge is -2.10. The number of hydrogen-bond donors (Lipinski definition) is 0. The van der Waals surface area contributed by atoms with Crippen molar-refractivity contribution in [2.75, 3.05) is 20.0 Å². The standard InChI is InChI=1S/C21H18N2O5S2/c1-25-17-9-5-6-14(19(17)26-2)20-22-13(11-29-20)10-27-18(24)12-30-21-23-15-7-3-4-8-16(15)28-21/h3-9,11H,10,12H2,1-2H3. The van der Waals surface area contributed by atoms with Crippen molar-refractivity contribution in [2.24, 2.45) is 0 Å². The van der Waals surface area contributed by atoms with Gasteiger partial charge in [-0.2, -0.15) is 0 Å². The number of esters is 1. The number of hydrogen-bond acceptors (Lipinski definition) is 9. The molecular formula is C21H18N2O5S2. The van der Waals surface area contributed by atoms with Gasteiger partial charge in [-0.3, -0.25) is 4.79 Å². The van der Waals surface area contributed by atoms with Gasteiger partial charge in [0.1, 0.15) is 22.9 Å². The number of carbonyl (C=O) groups is 1. The highest BCUT2D eigenvalue weighted by Gasteiger charge is 2.15. The number of ether oxygens (including phenoxy) is 3. The maximum atomic E-state index is 12.1. The summed E-state index contributed by atoms with van der Waals surface area (Å²) in [5.74, 6) is 0.992. The summed E-state index contributed by atoms with van der Waals surface area (Å²) in [7, 11) is 3.18. The maximum Gasteiger partial charge on any atom is 0.316 e. The number of fused-ring (bicyclic) bond motifs is 1. The molecule has 0 bridgehead atoms. The summed E-state index contributed by atoms with van der Waals surface area (Å²) in [6.45, 7) is 0.0930. The third kappa shape index (κ3) is 4.42. The zero-order valence-corrected chi connectivity index (χ0v) is 17.9. The number of rotatable bonds is 8. The Bertz CT molecular complexity index is 1140. The van der Waals surface area contributed by atoms with E-state index >= 15 is 0 Å². The van der Waals surface area contributed by atoms with Gasteiger partial charge in [-0.15, -0.1) is 11.3 Å². The predicted molar refractivity (Wildman–Crippen MR) is 115 cm³/mol. The van der Waals surface area contributed by atoms with Crippen LogP contribution in [0.15, 0.2) is 57.5 Å². The van der Waals surface area contributed by atoms with Gasteiger partial charge in [-0.05, 0) is 24.3 Å². The van der Waals surface area contributed by atoms with E-state index in [2.05, 4.69) is 9.97 Å². The minimum absolute atomic E-state index is 0.0930. The van der Waals surface area contributed by atoms with Crippen molar-refractivity contribution in [3.63, 3.8) is 0 Å². The van der Waals surface area contributed by atoms with Crippen LogP contribution >= 0.6 is 23.1 Å². The van der Waals surface area contributed by atoms with Crippen LogP contribution in [0.3, 0.4) is 0 Å². The van der Waals surface area contributed by atoms with Crippen molar-refractivity contribution in [3.05, 3.63) is 53.5 Å². The molecule has 9 heteroatoms. The Morgan fingerprint density at radius 1 is 1.10 bits per heavy atom. The Morgan fingerprint density at radius 2 is 1.97 bits per heavy atom. The van der Waals surface area contributed by atoms with Gasteiger partial charge in [0.2, 0.25) is 0 Å². The molecule has 2 aromatic carbocycles. The van der Waals surface area contributed by atoms with Gasteiger partial charge in [0, 0.05) is 5.38 Å². The first-order valence-electron chi connectivity index (χ1n) is 8.97. The van der Waals surface area contributed by atoms with Crippen molar-refractivity contribution in [3.8, 4) is 22.1 Å². The SMILES string of the molecule is COc1cccc(-c2nc(COC(=O)CSc3nc4ccccc4o3)cs2)c1OC. The molecule has 0 aliphatic carbocycles. The van der Waals surface area contributed by atoms with Gasteiger partial charge >= 0.3 is 5.97 Å². The molecule has 0 aliphatic heterocycles. The minimum atomic E-state index is -0.365. The van der Waals surface area contributed by atoms with Crippen molar-refractivity contribution in [1.82, 2.24) is 9.97 Å². The van der Waals surface area contributed by atoms with Crippen LogP contribution in [-0.2, 0) is 16.1 Å². The Hall–Kier alpha value is -3.04. The molecule has 0 radical (unpaired) electrons. The number of para-hydroxylation sites is 3. The number of aromatic nitrogens is 2. The molecule has 0 N–H and O–H groups in total. The van der Waals surface area contributed by atoms with Crippen LogP contribution in [0.2, 0.25) is 0 Å². The van der Waals surface area contributed by atoms with Crippen LogP contribution in [0.1, 0.15) is 5.69 Å². The monoisotopic (exact) mass is 442 g/mol. The molecule has 2 heterocycles. The van der Waals surface area contributed by atoms with Gasteiger partial charge in [0.05, 0.1) is 25.5 Å². The summed E-state index contributed by atoms with van der Waals surface area (Å²) in [5, 5.41) is 3.06. The molecule has 0 saturated carbocycles. The van der Waals surface area contributed by atoms with Gasteiger partial charge in [0.15, 0.2) is 17.1 Å². The summed E-state index contributed by atoms with van der Waals surface area (Å²) in [6, 6.07) is 13.1. The number of thioether (sulfide) groups is 1. The summed E-state index contributed by atoms with van der Waals surface area (Å²) in [4.78, 5) is 21.0. The van der Waals surface area contributed by atoms with Crippen LogP contribution in [-0.4, -0.2) is 35.9 Å². The molecule has 0 aliphatic rings. The van der Waals surface area contributed by atoms with E-state index in [9.17, 15) is 4.79 Å². The van der Waals surface area contributed by atoms with Crippen LogP contribution < -0.4 is 9.47 Å². The molecule has 4 aromatic rings. The van der Waals surface area contributed by atoms with Crippen molar-refractivity contribution < 1.29 is 23.4 Å². The first-order chi connectivity index (χ1) is 14.7. The smallest absolute Gasteiger partial charge is 0.316 e. The first-order valence-corrected chi connectivity index (χ1v) is 10.8. The quantitative estimate of drug-likeness (QED) is 0.284. The highest BCUT2D eigenvalue weighted by Crippen LogP contribution is 2.39. The van der Waals surface area contributed by atoms with Crippen LogP contribution in [0.5, 0.6) is 11.5 Å². The highest BCUT2D eigenvalue weighted by atomic mass is 32.2. The van der Waals surface area contributed by atoms with Gasteiger partial charge in [-0.25, -0.2) is 9.97 Å². The first kappa shape index (κ1) is 20.2. The van der Waals surface area contributed by atoms with Crippen LogP contribution in [0.4, 0.5) is 0 Å². The van der Waals surface area contributed by atoms with Crippen molar-refractivity contribution in [2.45, 2.75) is 11.8 Å². The largest absolute Gasteiger partial charge is 0.493 e. The fraction of sp³-hybridized carbons (Fsp3) is 0.190. The molecule has 0 amide bonds. The second kappa shape index (κ2) is 9.19. The normalized spacial score (nSPS) is 10.9. The van der Waals surface area contributed by atoms with E-state index in [4.69, 9.17) is 18.6 Å². The molecule has 154 valence electrons. The van der Waals surface area contributed by atoms with Crippen molar-refractivity contribution >= 4 is 40.2 Å². The fourth-order valence-electron chi connectivity index (χ4n) is 2.78. The molecule has 0 unspecified atom stereocenters. The van der Waals surface area contributed by atoms with Crippen molar-refractivity contribution in [1.29, 1.82) is 0 Å². The van der Waals surface area contributed by atoms with E-state index in [0.717, 1.165) is 16.1 Å². The summed E-state index contributed by atoms with van der Waals surface area (Å²) >= 11 is 2.65. The molecule has 0 saturated heterocycles. The predicted octanol–water partition coefficient (Wildman–Crippen LogP) is 4.80. The molecule has 7 nitrogen and oxygen atoms in total. The average Bonchev–Trinajstić information content (AvgIpc) is 3.42. The van der Waals surface area contributed by atoms with E-state index in [-0.39, 0.29) is 18.3 Å². The Balaban J connectivity index is 1.34. The average molecular weight is 443 g/mol. The molecule has 4 rings (SSSR count). The van der Waals surface area contributed by atoms with E-state index in [1.165, 1.54) is 23.1 Å². The number of nitrogens with zero attached hydrogens (tertiary/aromatic N) is 2. The lowest BCUT2D eigenvalue weighted by molar-refractivity contribution is -0.141. The molecule has 0 atom stereocenters. The number of methoxy groups -OCH3 is 2. The molecule has 0 spiro atoms. The molecule has 0 fully saturated rings. The van der Waals surface area contributed by atoms with Gasteiger partial charge in [0.25, 0.3) is 5.22 Å². The lowest BCUT2D eigenvalue weighted by Crippen LogP contribution is -2.07. The Morgan fingerprint density at radius 3 is 2.77 bits per heavy atom. The number of benzene rings is 2. The third-order valence-corrected chi connectivity index (χ3v) is 5.88. The maximum absolute atomic E-state index is 12.1. The number of oxazole rings is 1. The zero-order valence-electron chi connectivity index (χ0n) is 16.3. The van der Waals surface area contributed by atoms with E-state index in [0.29, 0.717) is 28.0 Å². The van der Waals surface area contributed by atoms with Crippen LogP contribution in [0, 0.1) is 0 Å². The number of thiazole rings is 1. The second-order valence-corrected chi connectivity index (χ2v) is 7.87. The van der Waals surface area contributed by atoms with E-state index < -0.39 is 0 Å². The minimum Gasteiger partial charge on any atom is -0.493 e. The Labute approximate surface area is 181 Å². The molecule has 30 heavy (non-hydrogen) atoms. The zero-order chi connectivity index (χ0) is 20.9. The van der Waals surface area contributed by atoms with E-state index in [1.54, 1.807) is 14.2 Å². The summed E-state index contributed by atoms with van der Waals surface area (Å²) in [6.07, 6.45) is 0. The van der Waals surface area contributed by atoms with Crippen LogP contribution in [0.25, 0.3) is 21.7 Å². The van der Waals surface area contributed by atoms with E-state index in [1.807, 2.05) is 47.8 Å². The molecule has 2 aromatic heterocycles. The van der Waals surface area contributed by atoms with Gasteiger partial charge in [-0.1, -0.05) is 30.0 Å². The topological polar surface area (TPSA) is 83.7 Å². The lowest BCUT2D eigenvalue weighted by atomic mass is 10.2. The summed E-state index contributed by atoms with van der Waals surface area (Å²) < 4.78 is 21.7. The molecular weight excluding hydrogens is 424 g/mol.